The van der Waals surface area contributed by atoms with Gasteiger partial charge in [-0.05, 0) is 210 Å². The van der Waals surface area contributed by atoms with Crippen LogP contribution in [0.4, 0.5) is 0 Å². The Hall–Kier alpha value is -16.3. The lowest BCUT2D eigenvalue weighted by atomic mass is 9.80. The van der Waals surface area contributed by atoms with Crippen molar-refractivity contribution < 1.29 is 0 Å². The highest BCUT2D eigenvalue weighted by Crippen LogP contribution is 2.61. The molecule has 0 saturated heterocycles. The Morgan fingerprint density at radius 3 is 1.06 bits per heavy atom. The third-order valence-corrected chi connectivity index (χ3v) is 35.2. The van der Waals surface area contributed by atoms with Crippen molar-refractivity contribution in [2.75, 3.05) is 0 Å². The third kappa shape index (κ3) is 12.1. The number of benzene rings is 20. The first-order chi connectivity index (χ1) is 70.3. The predicted molar refractivity (Wildman–Crippen MR) is 618 cm³/mol. The van der Waals surface area contributed by atoms with E-state index in [1.807, 2.05) is 0 Å². The molecular weight excluding hydrogens is 1750 g/mol. The van der Waals surface area contributed by atoms with Crippen molar-refractivity contribution in [2.45, 2.75) is 109 Å². The molecule has 6 heterocycles. The van der Waals surface area contributed by atoms with Crippen LogP contribution < -0.4 is 0 Å². The summed E-state index contributed by atoms with van der Waals surface area (Å²) in [5.74, 6) is 0.413. The molecule has 6 aliphatic rings. The fourth-order valence-corrected chi connectivity index (χ4v) is 28.3. The Bertz CT molecular complexity index is 10100. The van der Waals surface area contributed by atoms with Gasteiger partial charge in [-0.3, -0.25) is 0 Å². The van der Waals surface area contributed by atoms with Crippen molar-refractivity contribution in [3.05, 3.63) is 455 Å². The smallest absolute Gasteiger partial charge is 0.0571 e. The van der Waals surface area contributed by atoms with Gasteiger partial charge in [-0.15, -0.1) is 0 Å². The molecule has 1 atom stereocenters. The van der Waals surface area contributed by atoms with Crippen molar-refractivity contribution in [1.29, 1.82) is 0 Å². The van der Waals surface area contributed by atoms with Crippen LogP contribution >= 0.6 is 0 Å². The number of hydrogen-bond acceptors (Lipinski definition) is 0. The van der Waals surface area contributed by atoms with Crippen LogP contribution in [-0.4, -0.2) is 27.4 Å². The Morgan fingerprint density at radius 2 is 0.503 bits per heavy atom. The van der Waals surface area contributed by atoms with Crippen LogP contribution in [0, 0.1) is 0 Å². The molecule has 145 heavy (non-hydrogen) atoms. The van der Waals surface area contributed by atoms with E-state index < -0.39 is 0 Å². The number of hydrogen-bond donors (Lipinski definition) is 0. The first-order valence-corrected chi connectivity index (χ1v) is 51.7. The maximum absolute atomic E-state index is 2.41. The van der Waals surface area contributed by atoms with E-state index in [1.54, 1.807) is 0 Å². The van der Waals surface area contributed by atoms with Crippen molar-refractivity contribution in [2.24, 2.45) is 42.3 Å². The number of aromatic nitrogens is 6. The molecule has 1 unspecified atom stereocenters. The number of nitrogens with zero attached hydrogens (tertiary/aromatic N) is 6. The number of aryl methyl sites for hydroxylation is 6. The van der Waals surface area contributed by atoms with E-state index in [1.165, 1.54) is 286 Å². The van der Waals surface area contributed by atoms with Crippen LogP contribution in [0.25, 0.3) is 219 Å². The summed E-state index contributed by atoms with van der Waals surface area (Å²) >= 11 is 0. The van der Waals surface area contributed by atoms with Gasteiger partial charge in [0.2, 0.25) is 0 Å². The van der Waals surface area contributed by atoms with Crippen LogP contribution in [0.15, 0.2) is 388 Å². The summed E-state index contributed by atoms with van der Waals surface area (Å²) in [6, 6.07) is 142. The highest BCUT2D eigenvalue weighted by molar-refractivity contribution is 6.29. The monoisotopic (exact) mass is 1870 g/mol. The summed E-state index contributed by atoms with van der Waals surface area (Å²) in [6.07, 6.45) is 0. The van der Waals surface area contributed by atoms with E-state index in [0.29, 0.717) is 5.92 Å². The van der Waals surface area contributed by atoms with Gasteiger partial charge in [0.1, 0.15) is 0 Å². The molecule has 0 N–H and O–H groups in total. The fourth-order valence-electron chi connectivity index (χ4n) is 28.3. The standard InChI is InChI=1S/C26H21N.C25H19N.4C22H19N/c1-26(2)20-14-8-6-12-18(20)22-16-10-4-5-11-17(16)23-19-13-7-9-15-21(19)27(3)25(23)24(22)26;1-15-16-9-3-4-10-17(16)23-18-11-5-6-12-19(18)24-20-13-7-8-14-21(20)26(2)25(24)22(15)23;1-22(2)17-10-6-4-9-16(17)20-18(22)13-12-15-14-8-5-7-11-19(14)23(3)21(15)20;1-22(2)18-10-6-4-8-14(18)16-12-17-15-9-5-7-11-20(15)23(3)21(17)13-19(16)22;1-22(2)17-10-6-4-8-14(17)15-12-13-19-20(21(15)22)16-9-5-7-11-18(16)23(19)3;1-22(2)16-10-6-4-8-14(16)20-17(22)12-13-19-21(20)15-9-5-7-11-18(15)23(19)3/h4-15H,1-3H3;3-15H,1-2H3;4*4-13H,1-3H3. The van der Waals surface area contributed by atoms with Crippen molar-refractivity contribution in [1.82, 2.24) is 27.4 Å². The van der Waals surface area contributed by atoms with E-state index >= 15 is 0 Å². The Labute approximate surface area is 847 Å². The number of fused-ring (bicyclic) bond motifs is 47. The largest absolute Gasteiger partial charge is 0.344 e. The molecular formula is C139H116N6. The minimum absolute atomic E-state index is 0.0175. The minimum atomic E-state index is -0.0175. The zero-order valence-corrected chi connectivity index (χ0v) is 85.7. The summed E-state index contributed by atoms with van der Waals surface area (Å²) in [5, 5.41) is 21.9. The average Bonchev–Trinajstić information content (AvgIpc) is 1.52. The third-order valence-electron chi connectivity index (χ3n) is 35.2. The highest BCUT2D eigenvalue weighted by atomic mass is 15.0. The van der Waals surface area contributed by atoms with Crippen LogP contribution in [-0.2, 0) is 69.4 Å². The molecule has 0 saturated carbocycles. The molecule has 6 heteroatoms. The van der Waals surface area contributed by atoms with Gasteiger partial charge in [0.25, 0.3) is 0 Å². The highest BCUT2D eigenvalue weighted by Gasteiger charge is 2.44. The van der Waals surface area contributed by atoms with Gasteiger partial charge in [0.05, 0.1) is 16.6 Å². The maximum Gasteiger partial charge on any atom is 0.0571 e. The van der Waals surface area contributed by atoms with E-state index in [2.05, 4.69) is 534 Å². The van der Waals surface area contributed by atoms with Gasteiger partial charge in [-0.2, -0.15) is 0 Å². The molecule has 20 aromatic carbocycles. The summed E-state index contributed by atoms with van der Waals surface area (Å²) in [6.45, 7) is 25.9. The van der Waals surface area contributed by atoms with Crippen molar-refractivity contribution >= 4 is 152 Å². The van der Waals surface area contributed by atoms with E-state index in [9.17, 15) is 0 Å². The fraction of sp³-hybridized carbons (Fsp3) is 0.165. The summed E-state index contributed by atoms with van der Waals surface area (Å²) in [5.41, 5.74) is 50.4. The molecule has 6 nitrogen and oxygen atoms in total. The van der Waals surface area contributed by atoms with Crippen LogP contribution in [0.2, 0.25) is 0 Å². The summed E-state index contributed by atoms with van der Waals surface area (Å²) in [4.78, 5) is 0. The molecule has 6 aliphatic carbocycles. The minimum Gasteiger partial charge on any atom is -0.344 e. The lowest BCUT2D eigenvalue weighted by Gasteiger charge is -2.23. The van der Waals surface area contributed by atoms with Gasteiger partial charge in [0, 0.05) is 195 Å². The first kappa shape index (κ1) is 87.7. The quantitative estimate of drug-likeness (QED) is 0.145. The lowest BCUT2D eigenvalue weighted by molar-refractivity contribution is 0.660. The van der Waals surface area contributed by atoms with Gasteiger partial charge in [-0.1, -0.05) is 404 Å². The van der Waals surface area contributed by atoms with Crippen molar-refractivity contribution in [3.63, 3.8) is 0 Å². The first-order valence-electron chi connectivity index (χ1n) is 51.7. The molecule has 0 aliphatic heterocycles. The Morgan fingerprint density at radius 1 is 0.172 bits per heavy atom. The Kier molecular flexibility index (Phi) is 19.1. The second kappa shape index (κ2) is 31.6. The summed E-state index contributed by atoms with van der Waals surface area (Å²) in [7, 11) is 13.1. The molecule has 26 aromatic rings. The van der Waals surface area contributed by atoms with Crippen LogP contribution in [0.3, 0.4) is 0 Å². The molecule has 6 aromatic heterocycles. The number of para-hydroxylation sites is 6. The van der Waals surface area contributed by atoms with Gasteiger partial charge in [-0.25, -0.2) is 0 Å². The average molecular weight is 1870 g/mol. The van der Waals surface area contributed by atoms with Crippen molar-refractivity contribution in [3.8, 4) is 66.8 Å². The van der Waals surface area contributed by atoms with Gasteiger partial charge >= 0.3 is 0 Å². The molecule has 0 spiro atoms. The Balaban J connectivity index is 0.0000000865. The normalized spacial score (nSPS) is 15.1. The van der Waals surface area contributed by atoms with Crippen LogP contribution in [0.5, 0.6) is 0 Å². The molecule has 0 bridgehead atoms. The molecule has 0 fully saturated rings. The molecule has 0 amide bonds. The van der Waals surface area contributed by atoms with Gasteiger partial charge in [0.15, 0.2) is 0 Å². The van der Waals surface area contributed by atoms with E-state index in [4.69, 9.17) is 0 Å². The van der Waals surface area contributed by atoms with E-state index in [-0.39, 0.29) is 27.1 Å². The van der Waals surface area contributed by atoms with Gasteiger partial charge < -0.3 is 27.4 Å². The summed E-state index contributed by atoms with van der Waals surface area (Å²) < 4.78 is 14.1. The molecule has 32 rings (SSSR count). The van der Waals surface area contributed by atoms with E-state index in [0.717, 1.165) is 0 Å². The molecule has 702 valence electrons. The molecule has 0 radical (unpaired) electrons. The maximum atomic E-state index is 2.41. The predicted octanol–water partition coefficient (Wildman–Crippen LogP) is 36.0. The zero-order valence-electron chi connectivity index (χ0n) is 85.7. The second-order valence-electron chi connectivity index (χ2n) is 44.3. The second-order valence-corrected chi connectivity index (χ2v) is 44.3. The van der Waals surface area contributed by atoms with Crippen LogP contribution in [0.1, 0.15) is 149 Å². The lowest BCUT2D eigenvalue weighted by Crippen LogP contribution is -2.16. The number of rotatable bonds is 0. The zero-order chi connectivity index (χ0) is 98.8. The SMILES string of the molecule is CC1c2ccccc2-c2c1c1c(c3ccccc23)c2ccccc2n1C.Cn1c2ccccc2c2c3c(ccc21)-c1ccccc1C3(C)C.Cn1c2ccccc2c2c3c(ccc21)C(C)(C)c1ccccc1-3.Cn1c2ccccc2c2c3ccccc3c3c(c21)C(C)(C)c1ccccc1-3.Cn1c2ccccc2c2cc3c(cc21)C(C)(C)c1ccccc1-3.Cn1c2ccccc2c2ccc3c(c21)-c1ccccc1C3(C)C. The topological polar surface area (TPSA) is 29.6 Å².